The van der Waals surface area contributed by atoms with E-state index in [1.807, 2.05) is 0 Å². The number of thioether (sulfide) groups is 2. The molecule has 0 unspecified atom stereocenters. The van der Waals surface area contributed by atoms with Crippen LogP contribution in [0.3, 0.4) is 0 Å². The van der Waals surface area contributed by atoms with Crippen molar-refractivity contribution in [2.75, 3.05) is 26.3 Å². The van der Waals surface area contributed by atoms with Crippen LogP contribution in [-0.4, -0.2) is 58.9 Å². The number of ether oxygens (including phenoxy) is 2. The van der Waals surface area contributed by atoms with Gasteiger partial charge in [0.05, 0.1) is 13.1 Å². The van der Waals surface area contributed by atoms with Gasteiger partial charge in [-0.3, -0.25) is 9.59 Å². The SMILES string of the molecule is C=C(C)C(=O)OCCNC(=O)Sc1nnc(SC(=O)NCCOC(=O)C(=C)C)s1. The van der Waals surface area contributed by atoms with Gasteiger partial charge in [0.25, 0.3) is 10.5 Å². The van der Waals surface area contributed by atoms with Crippen LogP contribution < -0.4 is 10.6 Å². The molecule has 1 aromatic heterocycles. The third-order valence-electron chi connectivity index (χ3n) is 2.65. The summed E-state index contributed by atoms with van der Waals surface area (Å²) in [6, 6.07) is 0. The molecule has 0 spiro atoms. The van der Waals surface area contributed by atoms with Crippen LogP contribution in [0.4, 0.5) is 9.59 Å². The number of carbonyl (C=O) groups excluding carboxylic acids is 4. The molecule has 0 atom stereocenters. The average Bonchev–Trinajstić information content (AvgIpc) is 3.08. The second kappa shape index (κ2) is 13.0. The van der Waals surface area contributed by atoms with Gasteiger partial charge in [0.1, 0.15) is 13.2 Å². The Bertz CT molecular complexity index is 733. The lowest BCUT2D eigenvalue weighted by atomic mass is 10.4. The number of carbonyl (C=O) groups is 4. The third kappa shape index (κ3) is 10.7. The van der Waals surface area contributed by atoms with E-state index in [1.165, 1.54) is 13.8 Å². The zero-order valence-corrected chi connectivity index (χ0v) is 18.3. The second-order valence-electron chi connectivity index (χ2n) is 5.30. The van der Waals surface area contributed by atoms with Crippen molar-refractivity contribution < 1.29 is 28.7 Å². The summed E-state index contributed by atoms with van der Waals surface area (Å²) in [6.07, 6.45) is 0. The Morgan fingerprint density at radius 1 is 0.862 bits per heavy atom. The highest BCUT2D eigenvalue weighted by atomic mass is 32.2. The zero-order chi connectivity index (χ0) is 21.8. The molecule has 29 heavy (non-hydrogen) atoms. The van der Waals surface area contributed by atoms with Gasteiger partial charge in [-0.15, -0.1) is 10.2 Å². The predicted octanol–water partition coefficient (Wildman–Crippen LogP) is 2.38. The molecule has 158 valence electrons. The summed E-state index contributed by atoms with van der Waals surface area (Å²) in [6.45, 7) is 10.3. The molecule has 1 heterocycles. The highest BCUT2D eigenvalue weighted by molar-refractivity contribution is 8.16. The number of amides is 2. The molecule has 1 rings (SSSR count). The predicted molar refractivity (Wildman–Crippen MR) is 110 cm³/mol. The summed E-state index contributed by atoms with van der Waals surface area (Å²) in [5, 5.41) is 12.0. The van der Waals surface area contributed by atoms with E-state index >= 15 is 0 Å². The number of nitrogens with zero attached hydrogens (tertiary/aromatic N) is 2. The minimum absolute atomic E-state index is 0.0249. The van der Waals surface area contributed by atoms with Crippen molar-refractivity contribution in [1.29, 1.82) is 0 Å². The summed E-state index contributed by atoms with van der Waals surface area (Å²) in [5.74, 6) is -1.05. The van der Waals surface area contributed by atoms with Gasteiger partial charge in [0.2, 0.25) is 0 Å². The first-order chi connectivity index (χ1) is 13.7. The van der Waals surface area contributed by atoms with Crippen molar-refractivity contribution in [3.63, 3.8) is 0 Å². The molecule has 2 N–H and O–H groups in total. The van der Waals surface area contributed by atoms with E-state index in [0.717, 1.165) is 34.9 Å². The van der Waals surface area contributed by atoms with Crippen LogP contribution in [0.1, 0.15) is 13.8 Å². The molecule has 2 amide bonds. The Kier molecular flexibility index (Phi) is 11.0. The lowest BCUT2D eigenvalue weighted by molar-refractivity contribution is -0.139. The lowest BCUT2D eigenvalue weighted by Gasteiger charge is -2.05. The molecule has 0 fully saturated rings. The number of hydrogen-bond acceptors (Lipinski definition) is 11. The van der Waals surface area contributed by atoms with Crippen LogP contribution >= 0.6 is 34.9 Å². The summed E-state index contributed by atoms with van der Waals surface area (Å²) in [7, 11) is 0. The average molecular weight is 461 g/mol. The van der Waals surface area contributed by atoms with E-state index in [-0.39, 0.29) is 37.4 Å². The number of aromatic nitrogens is 2. The van der Waals surface area contributed by atoms with Gasteiger partial charge >= 0.3 is 11.9 Å². The van der Waals surface area contributed by atoms with E-state index in [2.05, 4.69) is 34.0 Å². The molecule has 0 aliphatic rings. The third-order valence-corrected chi connectivity index (χ3v) is 5.34. The Morgan fingerprint density at radius 3 is 1.59 bits per heavy atom. The molecule has 0 aromatic carbocycles. The maximum Gasteiger partial charge on any atom is 0.333 e. The van der Waals surface area contributed by atoms with Gasteiger partial charge < -0.3 is 20.1 Å². The fourth-order valence-corrected chi connectivity index (χ4v) is 3.91. The Morgan fingerprint density at radius 2 is 1.24 bits per heavy atom. The topological polar surface area (TPSA) is 137 Å². The number of nitrogens with one attached hydrogen (secondary N) is 2. The molecular formula is C16H20N4O6S3. The maximum atomic E-state index is 11.8. The lowest BCUT2D eigenvalue weighted by Crippen LogP contribution is -2.24. The zero-order valence-electron chi connectivity index (χ0n) is 15.8. The first-order valence-electron chi connectivity index (χ1n) is 8.09. The normalized spacial score (nSPS) is 10.0. The smallest absolute Gasteiger partial charge is 0.333 e. The van der Waals surface area contributed by atoms with E-state index < -0.39 is 22.4 Å². The molecule has 13 heteroatoms. The fourth-order valence-electron chi connectivity index (χ4n) is 1.35. The quantitative estimate of drug-likeness (QED) is 0.232. The van der Waals surface area contributed by atoms with Crippen LogP contribution in [0.15, 0.2) is 33.0 Å². The van der Waals surface area contributed by atoms with Crippen molar-refractivity contribution >= 4 is 57.3 Å². The van der Waals surface area contributed by atoms with Gasteiger partial charge in [-0.2, -0.15) is 0 Å². The van der Waals surface area contributed by atoms with Crippen LogP contribution in [0.5, 0.6) is 0 Å². The first-order valence-corrected chi connectivity index (χ1v) is 10.5. The van der Waals surface area contributed by atoms with Crippen LogP contribution in [0.25, 0.3) is 0 Å². The molecule has 0 saturated heterocycles. The van der Waals surface area contributed by atoms with Crippen molar-refractivity contribution in [3.8, 4) is 0 Å². The van der Waals surface area contributed by atoms with Crippen molar-refractivity contribution in [2.45, 2.75) is 22.5 Å². The summed E-state index contributed by atoms with van der Waals surface area (Å²) in [5.41, 5.74) is 0.558. The minimum Gasteiger partial charge on any atom is -0.460 e. The molecule has 0 aliphatic carbocycles. The van der Waals surface area contributed by atoms with Crippen molar-refractivity contribution in [3.05, 3.63) is 24.3 Å². The molecule has 10 nitrogen and oxygen atoms in total. The number of rotatable bonds is 10. The monoisotopic (exact) mass is 460 g/mol. The molecule has 1 aromatic rings. The van der Waals surface area contributed by atoms with E-state index in [1.54, 1.807) is 0 Å². The van der Waals surface area contributed by atoms with Crippen molar-refractivity contribution in [1.82, 2.24) is 20.8 Å². The second-order valence-corrected chi connectivity index (χ2v) is 8.72. The number of hydrogen-bond donors (Lipinski definition) is 2. The van der Waals surface area contributed by atoms with Gasteiger partial charge in [-0.1, -0.05) is 24.5 Å². The largest absolute Gasteiger partial charge is 0.460 e. The molecule has 0 bridgehead atoms. The van der Waals surface area contributed by atoms with Crippen LogP contribution in [0.2, 0.25) is 0 Å². The minimum atomic E-state index is -0.523. The summed E-state index contributed by atoms with van der Waals surface area (Å²) in [4.78, 5) is 46.0. The van der Waals surface area contributed by atoms with E-state index in [9.17, 15) is 19.2 Å². The van der Waals surface area contributed by atoms with Gasteiger partial charge in [-0.25, -0.2) is 9.59 Å². The molecule has 0 aliphatic heterocycles. The van der Waals surface area contributed by atoms with Crippen molar-refractivity contribution in [2.24, 2.45) is 0 Å². The fraction of sp³-hybridized carbons (Fsp3) is 0.375. The Balaban J connectivity index is 2.26. The Hall–Kier alpha value is -2.38. The van der Waals surface area contributed by atoms with Crippen LogP contribution in [-0.2, 0) is 19.1 Å². The highest BCUT2D eigenvalue weighted by Crippen LogP contribution is 2.29. The standard InChI is InChI=1S/C16H20N4O6S3/c1-9(2)11(21)25-7-5-17-13(23)27-15-19-20-16(29-15)28-14(24)18-6-8-26-12(22)10(3)4/h1,3,5-8H2,2,4H3,(H,17,23)(H,18,24). The molecule has 0 radical (unpaired) electrons. The van der Waals surface area contributed by atoms with E-state index in [4.69, 9.17) is 9.47 Å². The summed E-state index contributed by atoms with van der Waals surface area (Å²) >= 11 is 2.69. The van der Waals surface area contributed by atoms with E-state index in [0.29, 0.717) is 8.68 Å². The van der Waals surface area contributed by atoms with Gasteiger partial charge in [0.15, 0.2) is 8.68 Å². The summed E-state index contributed by atoms with van der Waals surface area (Å²) < 4.78 is 10.4. The van der Waals surface area contributed by atoms with Gasteiger partial charge in [0, 0.05) is 34.7 Å². The highest BCUT2D eigenvalue weighted by Gasteiger charge is 2.14. The molecular weight excluding hydrogens is 440 g/mol. The molecule has 0 saturated carbocycles. The first kappa shape index (κ1) is 24.7. The Labute approximate surface area is 179 Å². The van der Waals surface area contributed by atoms with Crippen LogP contribution in [0, 0.1) is 0 Å². The maximum absolute atomic E-state index is 11.8. The number of esters is 2. The van der Waals surface area contributed by atoms with Gasteiger partial charge in [-0.05, 0) is 13.8 Å².